The van der Waals surface area contributed by atoms with Gasteiger partial charge in [0.15, 0.2) is 0 Å². The molecule has 1 aromatic carbocycles. The molecule has 0 radical (unpaired) electrons. The first-order chi connectivity index (χ1) is 13.2. The van der Waals surface area contributed by atoms with Crippen LogP contribution in [0.4, 0.5) is 0 Å². The molecule has 2 aliphatic heterocycles. The maximum Gasteiger partial charge on any atom is 0.105 e. The summed E-state index contributed by atoms with van der Waals surface area (Å²) >= 11 is 0. The van der Waals surface area contributed by atoms with Gasteiger partial charge in [-0.05, 0) is 18.4 Å². The fraction of sp³-hybridized carbons (Fsp3) is 0.727. The second-order valence-corrected chi connectivity index (χ2v) is 8.14. The van der Waals surface area contributed by atoms with E-state index in [2.05, 4.69) is 26.0 Å². The van der Waals surface area contributed by atoms with Crippen LogP contribution >= 0.6 is 0 Å². The molecule has 0 aromatic heterocycles. The van der Waals surface area contributed by atoms with E-state index in [1.807, 2.05) is 18.2 Å². The van der Waals surface area contributed by atoms with Gasteiger partial charge in [-0.15, -0.1) is 0 Å². The molecule has 5 heteroatoms. The van der Waals surface area contributed by atoms with Gasteiger partial charge in [0.05, 0.1) is 59.5 Å². The van der Waals surface area contributed by atoms with E-state index in [0.29, 0.717) is 19.8 Å². The Bertz CT molecular complexity index is 500. The van der Waals surface area contributed by atoms with Crippen molar-refractivity contribution in [1.82, 2.24) is 0 Å². The number of benzene rings is 1. The van der Waals surface area contributed by atoms with Crippen LogP contribution in [-0.2, 0) is 30.3 Å². The van der Waals surface area contributed by atoms with Gasteiger partial charge in [0, 0.05) is 10.8 Å². The lowest BCUT2D eigenvalue weighted by molar-refractivity contribution is -0.173. The molecule has 2 saturated heterocycles. The Balaban J connectivity index is 1.44. The maximum atomic E-state index is 6.12. The van der Waals surface area contributed by atoms with Gasteiger partial charge < -0.3 is 23.7 Å². The Kier molecular flexibility index (Phi) is 7.67. The predicted octanol–water partition coefficient (Wildman–Crippen LogP) is 3.46. The van der Waals surface area contributed by atoms with Crippen LogP contribution in [-0.4, -0.2) is 59.0 Å². The van der Waals surface area contributed by atoms with Crippen molar-refractivity contribution in [3.63, 3.8) is 0 Å². The number of ether oxygens (including phenoxy) is 5. The Labute approximate surface area is 163 Å². The molecule has 0 aliphatic carbocycles. The highest BCUT2D eigenvalue weighted by atomic mass is 16.6. The van der Waals surface area contributed by atoms with Gasteiger partial charge in [0.1, 0.15) is 6.10 Å². The molecule has 0 atom stereocenters. The van der Waals surface area contributed by atoms with Crippen LogP contribution in [0.5, 0.6) is 0 Å². The van der Waals surface area contributed by atoms with Gasteiger partial charge >= 0.3 is 0 Å². The first-order valence-electron chi connectivity index (χ1n) is 10.2. The molecule has 5 nitrogen and oxygen atoms in total. The van der Waals surface area contributed by atoms with E-state index in [-0.39, 0.29) is 16.9 Å². The fourth-order valence-electron chi connectivity index (χ4n) is 3.31. The minimum absolute atomic E-state index is 0.0741. The molecular formula is C22H34O5. The fourth-order valence-corrected chi connectivity index (χ4v) is 3.31. The van der Waals surface area contributed by atoms with Crippen LogP contribution in [0, 0.1) is 10.8 Å². The number of rotatable bonds is 13. The highest BCUT2D eigenvalue weighted by Gasteiger charge is 2.38. The topological polar surface area (TPSA) is 46.2 Å². The summed E-state index contributed by atoms with van der Waals surface area (Å²) in [5.41, 5.74) is 1.55. The van der Waals surface area contributed by atoms with Crippen molar-refractivity contribution >= 4 is 0 Å². The highest BCUT2D eigenvalue weighted by molar-refractivity contribution is 5.13. The lowest BCUT2D eigenvalue weighted by atomic mass is 9.84. The van der Waals surface area contributed by atoms with E-state index in [4.69, 9.17) is 23.7 Å². The van der Waals surface area contributed by atoms with Crippen LogP contribution in [0.15, 0.2) is 30.3 Å². The van der Waals surface area contributed by atoms with E-state index in [0.717, 1.165) is 58.0 Å². The molecular weight excluding hydrogens is 344 g/mol. The van der Waals surface area contributed by atoms with Crippen LogP contribution in [0.3, 0.4) is 0 Å². The molecule has 0 bridgehead atoms. The lowest BCUT2D eigenvalue weighted by Crippen LogP contribution is -2.47. The molecule has 27 heavy (non-hydrogen) atoms. The zero-order chi connectivity index (χ0) is 19.0. The molecule has 1 aromatic rings. The quantitative estimate of drug-likeness (QED) is 0.526. The van der Waals surface area contributed by atoms with Gasteiger partial charge in [0.25, 0.3) is 0 Å². The van der Waals surface area contributed by atoms with E-state index < -0.39 is 0 Å². The second-order valence-electron chi connectivity index (χ2n) is 8.14. The normalized spacial score (nSPS) is 20.3. The van der Waals surface area contributed by atoms with E-state index in [9.17, 15) is 0 Å². The zero-order valence-electron chi connectivity index (χ0n) is 16.8. The van der Waals surface area contributed by atoms with E-state index in [1.54, 1.807) is 0 Å². The van der Waals surface area contributed by atoms with Gasteiger partial charge in [-0.2, -0.15) is 0 Å². The predicted molar refractivity (Wildman–Crippen MR) is 104 cm³/mol. The Hall–Kier alpha value is -0.980. The van der Waals surface area contributed by atoms with Gasteiger partial charge in [-0.1, -0.05) is 44.2 Å². The third kappa shape index (κ3) is 5.75. The van der Waals surface area contributed by atoms with Crippen molar-refractivity contribution in [2.75, 3.05) is 52.9 Å². The largest absolute Gasteiger partial charge is 0.380 e. The number of hydrogen-bond acceptors (Lipinski definition) is 5. The Morgan fingerprint density at radius 2 is 1.37 bits per heavy atom. The molecule has 0 amide bonds. The average molecular weight is 379 g/mol. The Morgan fingerprint density at radius 1 is 0.852 bits per heavy atom. The monoisotopic (exact) mass is 378 g/mol. The van der Waals surface area contributed by atoms with Crippen molar-refractivity contribution in [2.24, 2.45) is 10.8 Å². The standard InChI is InChI=1S/C22H34O5/c1-3-21(15-25-16-21)13-23-11-20(27-10-19-8-6-5-7-9-19)12-24-14-22(4-2)17-26-18-22/h5-9,20H,3-4,10-18H2,1-2H3. The minimum Gasteiger partial charge on any atom is -0.380 e. The van der Waals surface area contributed by atoms with Gasteiger partial charge in [-0.3, -0.25) is 0 Å². The maximum absolute atomic E-state index is 6.12. The smallest absolute Gasteiger partial charge is 0.105 e. The summed E-state index contributed by atoms with van der Waals surface area (Å²) in [6.07, 6.45) is 2.09. The third-order valence-corrected chi connectivity index (χ3v) is 5.89. The molecule has 2 aliphatic rings. The van der Waals surface area contributed by atoms with Gasteiger partial charge in [0.2, 0.25) is 0 Å². The molecule has 2 fully saturated rings. The van der Waals surface area contributed by atoms with Crippen molar-refractivity contribution in [2.45, 2.75) is 39.4 Å². The zero-order valence-corrected chi connectivity index (χ0v) is 16.8. The SMILES string of the molecule is CCC1(COCC(COCC2(CC)COC2)OCc2ccccc2)COC1. The molecule has 3 rings (SSSR count). The van der Waals surface area contributed by atoms with Crippen LogP contribution in [0.25, 0.3) is 0 Å². The van der Waals surface area contributed by atoms with Crippen molar-refractivity contribution in [1.29, 1.82) is 0 Å². The van der Waals surface area contributed by atoms with Crippen LogP contribution < -0.4 is 0 Å². The molecule has 152 valence electrons. The number of hydrogen-bond donors (Lipinski definition) is 0. The van der Waals surface area contributed by atoms with E-state index >= 15 is 0 Å². The van der Waals surface area contributed by atoms with Crippen molar-refractivity contribution < 1.29 is 23.7 Å². The second kappa shape index (κ2) is 9.99. The summed E-state index contributed by atoms with van der Waals surface area (Å²) in [6.45, 7) is 10.7. The summed E-state index contributed by atoms with van der Waals surface area (Å²) in [6, 6.07) is 10.2. The lowest BCUT2D eigenvalue weighted by Gasteiger charge is -2.41. The summed E-state index contributed by atoms with van der Waals surface area (Å²) in [5, 5.41) is 0. The Morgan fingerprint density at radius 3 is 1.78 bits per heavy atom. The van der Waals surface area contributed by atoms with Crippen molar-refractivity contribution in [3.8, 4) is 0 Å². The highest BCUT2D eigenvalue weighted by Crippen LogP contribution is 2.32. The van der Waals surface area contributed by atoms with Gasteiger partial charge in [-0.25, -0.2) is 0 Å². The van der Waals surface area contributed by atoms with Crippen molar-refractivity contribution in [3.05, 3.63) is 35.9 Å². The summed E-state index contributed by atoms with van der Waals surface area (Å²) in [5.74, 6) is 0. The molecule has 0 spiro atoms. The molecule has 0 unspecified atom stereocenters. The first kappa shape index (κ1) is 20.7. The summed E-state index contributed by atoms with van der Waals surface area (Å²) in [7, 11) is 0. The molecule has 2 heterocycles. The molecule has 0 saturated carbocycles. The van der Waals surface area contributed by atoms with E-state index in [1.165, 1.54) is 0 Å². The van der Waals surface area contributed by atoms with Crippen LogP contribution in [0.1, 0.15) is 32.3 Å². The third-order valence-electron chi connectivity index (χ3n) is 5.89. The summed E-state index contributed by atoms with van der Waals surface area (Å²) < 4.78 is 28.9. The summed E-state index contributed by atoms with van der Waals surface area (Å²) in [4.78, 5) is 0. The molecule has 0 N–H and O–H groups in total. The van der Waals surface area contributed by atoms with Crippen LogP contribution in [0.2, 0.25) is 0 Å². The first-order valence-corrected chi connectivity index (χ1v) is 10.2. The minimum atomic E-state index is -0.0741. The average Bonchev–Trinajstić information content (AvgIpc) is 2.64.